The van der Waals surface area contributed by atoms with E-state index < -0.39 is 5.82 Å². The molecule has 3 N–H and O–H groups in total. The van der Waals surface area contributed by atoms with Crippen LogP contribution < -0.4 is 5.32 Å². The van der Waals surface area contributed by atoms with Gasteiger partial charge >= 0.3 is 0 Å². The van der Waals surface area contributed by atoms with Gasteiger partial charge in [-0.25, -0.2) is 4.39 Å². The number of aliphatic hydroxyl groups is 1. The average Bonchev–Trinajstić information content (AvgIpc) is 2.10. The second kappa shape index (κ2) is 5.68. The summed E-state index contributed by atoms with van der Waals surface area (Å²) in [6, 6.07) is 3.95. The van der Waals surface area contributed by atoms with Gasteiger partial charge in [0, 0.05) is 12.6 Å². The van der Waals surface area contributed by atoms with Crippen LogP contribution in [0.25, 0.3) is 0 Å². The van der Waals surface area contributed by atoms with Crippen LogP contribution in [0, 0.1) is 5.82 Å². The van der Waals surface area contributed by atoms with E-state index in [1.807, 2.05) is 0 Å². The van der Waals surface area contributed by atoms with Crippen molar-refractivity contribution in [1.82, 2.24) is 5.32 Å². The summed E-state index contributed by atoms with van der Waals surface area (Å²) in [6.45, 7) is 2.86. The van der Waals surface area contributed by atoms with E-state index >= 15 is 0 Å². The minimum atomic E-state index is -0.442. The van der Waals surface area contributed by atoms with Gasteiger partial charge in [0.25, 0.3) is 0 Å². The first-order valence-corrected chi connectivity index (χ1v) is 4.95. The Balaban J connectivity index is 2.37. The lowest BCUT2D eigenvalue weighted by Crippen LogP contribution is -2.18. The first-order chi connectivity index (χ1) is 7.08. The summed E-state index contributed by atoms with van der Waals surface area (Å²) in [7, 11) is 0. The van der Waals surface area contributed by atoms with Gasteiger partial charge in [0.05, 0.1) is 6.10 Å². The number of rotatable bonds is 5. The van der Waals surface area contributed by atoms with Gasteiger partial charge in [0.1, 0.15) is 11.6 Å². The number of benzene rings is 1. The van der Waals surface area contributed by atoms with Crippen molar-refractivity contribution in [3.63, 3.8) is 0 Å². The Morgan fingerprint density at radius 1 is 1.40 bits per heavy atom. The molecule has 0 spiro atoms. The zero-order valence-electron chi connectivity index (χ0n) is 8.70. The van der Waals surface area contributed by atoms with E-state index in [2.05, 4.69) is 5.32 Å². The molecule has 0 amide bonds. The van der Waals surface area contributed by atoms with Crippen molar-refractivity contribution in [2.24, 2.45) is 0 Å². The molecule has 0 saturated heterocycles. The molecule has 4 heteroatoms. The number of hydrogen-bond donors (Lipinski definition) is 3. The van der Waals surface area contributed by atoms with Gasteiger partial charge in [-0.1, -0.05) is 0 Å². The molecule has 1 atom stereocenters. The summed E-state index contributed by atoms with van der Waals surface area (Å²) in [5, 5.41) is 21.2. The van der Waals surface area contributed by atoms with Crippen molar-refractivity contribution < 1.29 is 14.6 Å². The molecule has 0 bridgehead atoms. The number of hydrogen-bond acceptors (Lipinski definition) is 3. The highest BCUT2D eigenvalue weighted by Crippen LogP contribution is 2.14. The van der Waals surface area contributed by atoms with Crippen LogP contribution in [0.15, 0.2) is 18.2 Å². The van der Waals surface area contributed by atoms with Crippen LogP contribution in [0.2, 0.25) is 0 Å². The predicted octanol–water partition coefficient (Wildman–Crippen LogP) is 1.39. The number of nitrogens with one attached hydrogen (secondary N) is 1. The largest absolute Gasteiger partial charge is 0.508 e. The maximum Gasteiger partial charge on any atom is 0.127 e. The molecule has 1 rings (SSSR count). The fourth-order valence-electron chi connectivity index (χ4n) is 1.28. The lowest BCUT2D eigenvalue weighted by atomic mass is 10.2. The SMILES string of the molecule is CC(O)CCNCc1cc(O)cc(F)c1. The monoisotopic (exact) mass is 213 g/mol. The first kappa shape index (κ1) is 11.9. The topological polar surface area (TPSA) is 52.5 Å². The maximum absolute atomic E-state index is 12.8. The summed E-state index contributed by atoms with van der Waals surface area (Å²) in [5.41, 5.74) is 0.693. The third kappa shape index (κ3) is 4.76. The third-order valence-corrected chi connectivity index (χ3v) is 2.01. The van der Waals surface area contributed by atoms with Gasteiger partial charge in [0.15, 0.2) is 0 Å². The fourth-order valence-corrected chi connectivity index (χ4v) is 1.28. The van der Waals surface area contributed by atoms with Crippen molar-refractivity contribution in [3.05, 3.63) is 29.6 Å². The molecule has 0 aromatic heterocycles. The van der Waals surface area contributed by atoms with E-state index in [4.69, 9.17) is 10.2 Å². The Morgan fingerprint density at radius 3 is 2.73 bits per heavy atom. The molecule has 3 nitrogen and oxygen atoms in total. The highest BCUT2D eigenvalue weighted by atomic mass is 19.1. The normalized spacial score (nSPS) is 12.7. The molecule has 0 aliphatic carbocycles. The van der Waals surface area contributed by atoms with Gasteiger partial charge in [-0.3, -0.25) is 0 Å². The number of phenolic OH excluding ortho intramolecular Hbond substituents is 1. The lowest BCUT2D eigenvalue weighted by molar-refractivity contribution is 0.183. The quantitative estimate of drug-likeness (QED) is 0.648. The van der Waals surface area contributed by atoms with Crippen LogP contribution in [0.4, 0.5) is 4.39 Å². The second-order valence-corrected chi connectivity index (χ2v) is 3.63. The van der Waals surface area contributed by atoms with Crippen LogP contribution in [-0.4, -0.2) is 22.9 Å². The van der Waals surface area contributed by atoms with Crippen LogP contribution in [-0.2, 0) is 6.54 Å². The molecule has 15 heavy (non-hydrogen) atoms. The van der Waals surface area contributed by atoms with Gasteiger partial charge in [-0.05, 0) is 37.6 Å². The zero-order valence-corrected chi connectivity index (χ0v) is 8.70. The Kier molecular flexibility index (Phi) is 4.52. The van der Waals surface area contributed by atoms with Crippen LogP contribution in [0.5, 0.6) is 5.75 Å². The molecule has 1 aromatic carbocycles. The van der Waals surface area contributed by atoms with E-state index in [0.717, 1.165) is 6.07 Å². The lowest BCUT2D eigenvalue weighted by Gasteiger charge is -2.07. The molecule has 0 heterocycles. The summed E-state index contributed by atoms with van der Waals surface area (Å²) >= 11 is 0. The van der Waals surface area contributed by atoms with Gasteiger partial charge in [-0.2, -0.15) is 0 Å². The molecule has 84 valence electrons. The van der Waals surface area contributed by atoms with Gasteiger partial charge in [0.2, 0.25) is 0 Å². The van der Waals surface area contributed by atoms with Crippen molar-refractivity contribution in [1.29, 1.82) is 0 Å². The average molecular weight is 213 g/mol. The minimum absolute atomic E-state index is 0.0673. The smallest absolute Gasteiger partial charge is 0.127 e. The van der Waals surface area contributed by atoms with E-state index in [1.54, 1.807) is 6.92 Å². The molecule has 0 aliphatic heterocycles. The predicted molar refractivity (Wildman–Crippen MR) is 56.1 cm³/mol. The molecule has 1 aromatic rings. The Morgan fingerprint density at radius 2 is 2.13 bits per heavy atom. The molecule has 1 unspecified atom stereocenters. The maximum atomic E-state index is 12.8. The summed E-state index contributed by atoms with van der Waals surface area (Å²) in [6.07, 6.45) is 0.319. The molecule has 0 fully saturated rings. The summed E-state index contributed by atoms with van der Waals surface area (Å²) in [4.78, 5) is 0. The molecule has 0 radical (unpaired) electrons. The van der Waals surface area contributed by atoms with Crippen LogP contribution in [0.3, 0.4) is 0 Å². The van der Waals surface area contributed by atoms with Crippen molar-refractivity contribution in [3.8, 4) is 5.75 Å². The molecular formula is C11H16FNO2. The number of phenols is 1. The van der Waals surface area contributed by atoms with Gasteiger partial charge in [-0.15, -0.1) is 0 Å². The highest BCUT2D eigenvalue weighted by Gasteiger charge is 2.00. The highest BCUT2D eigenvalue weighted by molar-refractivity contribution is 5.28. The van der Waals surface area contributed by atoms with E-state index in [1.165, 1.54) is 12.1 Å². The Labute approximate surface area is 88.6 Å². The molecular weight excluding hydrogens is 197 g/mol. The number of halogens is 1. The van der Waals surface area contributed by atoms with Crippen LogP contribution >= 0.6 is 0 Å². The second-order valence-electron chi connectivity index (χ2n) is 3.63. The van der Waals surface area contributed by atoms with E-state index in [0.29, 0.717) is 25.1 Å². The Bertz CT molecular complexity index is 295. The zero-order chi connectivity index (χ0) is 11.3. The van der Waals surface area contributed by atoms with Crippen LogP contribution in [0.1, 0.15) is 18.9 Å². The number of aromatic hydroxyl groups is 1. The van der Waals surface area contributed by atoms with Crippen molar-refractivity contribution >= 4 is 0 Å². The van der Waals surface area contributed by atoms with Crippen molar-refractivity contribution in [2.45, 2.75) is 26.0 Å². The first-order valence-electron chi connectivity index (χ1n) is 4.95. The minimum Gasteiger partial charge on any atom is -0.508 e. The number of aliphatic hydroxyl groups excluding tert-OH is 1. The molecule has 0 aliphatic rings. The fraction of sp³-hybridized carbons (Fsp3) is 0.455. The van der Waals surface area contributed by atoms with Crippen molar-refractivity contribution in [2.75, 3.05) is 6.54 Å². The third-order valence-electron chi connectivity index (χ3n) is 2.01. The Hall–Kier alpha value is -1.13. The van der Waals surface area contributed by atoms with E-state index in [-0.39, 0.29) is 11.9 Å². The van der Waals surface area contributed by atoms with E-state index in [9.17, 15) is 4.39 Å². The van der Waals surface area contributed by atoms with Gasteiger partial charge < -0.3 is 15.5 Å². The standard InChI is InChI=1S/C11H16FNO2/c1-8(14)2-3-13-7-9-4-10(12)6-11(15)5-9/h4-6,8,13-15H,2-3,7H2,1H3. The summed E-state index contributed by atoms with van der Waals surface area (Å²) < 4.78 is 12.8. The molecule has 0 saturated carbocycles. The summed E-state index contributed by atoms with van der Waals surface area (Å²) in [5.74, 6) is -0.510.